The maximum atomic E-state index is 12.3. The van der Waals surface area contributed by atoms with Gasteiger partial charge in [0.25, 0.3) is 0 Å². The maximum absolute atomic E-state index is 12.3. The summed E-state index contributed by atoms with van der Waals surface area (Å²) in [6.07, 6.45) is 0. The van der Waals surface area contributed by atoms with Gasteiger partial charge in [-0.3, -0.25) is 4.79 Å². The normalized spacial score (nSPS) is 26.5. The van der Waals surface area contributed by atoms with E-state index in [-0.39, 0.29) is 11.8 Å². The molecular weight excluding hydrogens is 300 g/mol. The Morgan fingerprint density at radius 3 is 2.73 bits per heavy atom. The third kappa shape index (κ3) is 3.23. The number of rotatable bonds is 5. The number of hydrogen-bond donors (Lipinski definition) is 2. The number of benzene rings is 1. The van der Waals surface area contributed by atoms with Crippen LogP contribution < -0.4 is 15.4 Å². The van der Waals surface area contributed by atoms with Gasteiger partial charge < -0.3 is 15.4 Å². The van der Waals surface area contributed by atoms with Gasteiger partial charge >= 0.3 is 0 Å². The summed E-state index contributed by atoms with van der Waals surface area (Å²) in [6.45, 7) is 8.33. The van der Waals surface area contributed by atoms with E-state index in [4.69, 9.17) is 16.3 Å². The summed E-state index contributed by atoms with van der Waals surface area (Å²) in [4.78, 5) is 12.3. The highest BCUT2D eigenvalue weighted by Gasteiger charge is 2.57. The zero-order valence-corrected chi connectivity index (χ0v) is 14.0. The van der Waals surface area contributed by atoms with Crippen LogP contribution in [-0.4, -0.2) is 31.1 Å². The van der Waals surface area contributed by atoms with Gasteiger partial charge in [-0.2, -0.15) is 0 Å². The van der Waals surface area contributed by atoms with Crippen LogP contribution in [0.2, 0.25) is 5.02 Å². The zero-order chi connectivity index (χ0) is 15.9. The number of fused-ring (bicyclic) bond motifs is 1. The smallest absolute Gasteiger partial charge is 0.224 e. The summed E-state index contributed by atoms with van der Waals surface area (Å²) in [6, 6.07) is 5.56. The van der Waals surface area contributed by atoms with Gasteiger partial charge in [-0.1, -0.05) is 11.6 Å². The van der Waals surface area contributed by atoms with Crippen LogP contribution in [0, 0.1) is 24.7 Å². The first-order chi connectivity index (χ1) is 10.4. The minimum Gasteiger partial charge on any atom is -0.491 e. The van der Waals surface area contributed by atoms with Gasteiger partial charge in [0.15, 0.2) is 0 Å². The van der Waals surface area contributed by atoms with Crippen molar-refractivity contribution in [2.75, 3.05) is 19.7 Å². The second kappa shape index (κ2) is 5.74. The Labute approximate surface area is 136 Å². The van der Waals surface area contributed by atoms with E-state index in [9.17, 15) is 4.79 Å². The Bertz CT molecular complexity index is 578. The lowest BCUT2D eigenvalue weighted by Gasteiger charge is -2.27. The van der Waals surface area contributed by atoms with Gasteiger partial charge in [-0.05, 0) is 69.5 Å². The van der Waals surface area contributed by atoms with Crippen molar-refractivity contribution in [1.82, 2.24) is 10.6 Å². The van der Waals surface area contributed by atoms with E-state index in [0.29, 0.717) is 23.5 Å². The number of aryl methyl sites for hydroxylation is 1. The molecule has 1 unspecified atom stereocenters. The highest BCUT2D eigenvalue weighted by molar-refractivity contribution is 6.30. The first-order valence-electron chi connectivity index (χ1n) is 7.79. The van der Waals surface area contributed by atoms with E-state index in [2.05, 4.69) is 10.6 Å². The molecule has 0 spiro atoms. The van der Waals surface area contributed by atoms with E-state index in [1.165, 1.54) is 0 Å². The third-order valence-corrected chi connectivity index (χ3v) is 4.82. The summed E-state index contributed by atoms with van der Waals surface area (Å²) in [7, 11) is 0. The van der Waals surface area contributed by atoms with Crippen molar-refractivity contribution in [1.29, 1.82) is 0 Å². The van der Waals surface area contributed by atoms with E-state index in [1.54, 1.807) is 0 Å². The standard InChI is InChI=1S/C17H23ClN2O2/c1-10-6-11(18)4-5-14(10)22-9-17(2,3)20-16(21)15-12-7-19-8-13(12)15/h4-6,12-13,15,19H,7-9H2,1-3H3,(H,20,21)/t12-,13+,15?. The second-order valence-electron chi connectivity index (χ2n) is 7.08. The average molecular weight is 323 g/mol. The fourth-order valence-corrected chi connectivity index (χ4v) is 3.52. The molecule has 1 aliphatic heterocycles. The molecule has 1 aliphatic carbocycles. The van der Waals surface area contributed by atoms with E-state index >= 15 is 0 Å². The Hall–Kier alpha value is -1.26. The number of carbonyl (C=O) groups is 1. The van der Waals surface area contributed by atoms with E-state index < -0.39 is 5.54 Å². The number of piperidine rings is 1. The van der Waals surface area contributed by atoms with Crippen molar-refractivity contribution in [2.45, 2.75) is 26.3 Å². The predicted octanol–water partition coefficient (Wildman–Crippen LogP) is 2.39. The van der Waals surface area contributed by atoms with Crippen molar-refractivity contribution < 1.29 is 9.53 Å². The quantitative estimate of drug-likeness (QED) is 0.875. The molecule has 1 saturated heterocycles. The lowest BCUT2D eigenvalue weighted by molar-refractivity contribution is -0.125. The number of ether oxygens (including phenoxy) is 1. The number of amides is 1. The van der Waals surface area contributed by atoms with Crippen molar-refractivity contribution in [3.8, 4) is 5.75 Å². The molecule has 3 atom stereocenters. The number of halogens is 1. The SMILES string of the molecule is Cc1cc(Cl)ccc1OCC(C)(C)NC(=O)C1[C@H]2CNC[C@@H]12. The Balaban J connectivity index is 1.53. The molecule has 4 nitrogen and oxygen atoms in total. The predicted molar refractivity (Wildman–Crippen MR) is 87.2 cm³/mol. The monoisotopic (exact) mass is 322 g/mol. The molecule has 1 aromatic carbocycles. The Morgan fingerprint density at radius 1 is 1.41 bits per heavy atom. The molecule has 22 heavy (non-hydrogen) atoms. The lowest BCUT2D eigenvalue weighted by atomic mass is 10.1. The molecule has 2 aliphatic rings. The maximum Gasteiger partial charge on any atom is 0.224 e. The highest BCUT2D eigenvalue weighted by Crippen LogP contribution is 2.48. The molecule has 1 amide bonds. The molecule has 0 radical (unpaired) electrons. The van der Waals surface area contributed by atoms with Crippen LogP contribution in [0.1, 0.15) is 19.4 Å². The topological polar surface area (TPSA) is 50.4 Å². The van der Waals surface area contributed by atoms with Crippen molar-refractivity contribution in [3.63, 3.8) is 0 Å². The first-order valence-corrected chi connectivity index (χ1v) is 8.17. The zero-order valence-electron chi connectivity index (χ0n) is 13.3. The van der Waals surface area contributed by atoms with Crippen molar-refractivity contribution >= 4 is 17.5 Å². The van der Waals surface area contributed by atoms with Crippen molar-refractivity contribution in [3.05, 3.63) is 28.8 Å². The Morgan fingerprint density at radius 2 is 2.09 bits per heavy atom. The van der Waals surface area contributed by atoms with Crippen LogP contribution in [0.3, 0.4) is 0 Å². The molecule has 1 saturated carbocycles. The Kier molecular flexibility index (Phi) is 4.08. The van der Waals surface area contributed by atoms with E-state index in [0.717, 1.165) is 24.4 Å². The van der Waals surface area contributed by atoms with Gasteiger partial charge in [0, 0.05) is 10.9 Å². The third-order valence-electron chi connectivity index (χ3n) is 4.58. The van der Waals surface area contributed by atoms with Gasteiger partial charge in [0.2, 0.25) is 5.91 Å². The molecular formula is C17H23ClN2O2. The largest absolute Gasteiger partial charge is 0.491 e. The van der Waals surface area contributed by atoms with Gasteiger partial charge in [0.1, 0.15) is 12.4 Å². The molecule has 0 bridgehead atoms. The molecule has 120 valence electrons. The molecule has 5 heteroatoms. The summed E-state index contributed by atoms with van der Waals surface area (Å²) in [5.41, 5.74) is 0.602. The highest BCUT2D eigenvalue weighted by atomic mass is 35.5. The summed E-state index contributed by atoms with van der Waals surface area (Å²) in [5.74, 6) is 2.24. The molecule has 0 aromatic heterocycles. The number of carbonyl (C=O) groups excluding carboxylic acids is 1. The summed E-state index contributed by atoms with van der Waals surface area (Å²) < 4.78 is 5.87. The van der Waals surface area contributed by atoms with Crippen LogP contribution >= 0.6 is 11.6 Å². The molecule has 2 N–H and O–H groups in total. The van der Waals surface area contributed by atoms with Crippen molar-refractivity contribution in [2.24, 2.45) is 17.8 Å². The van der Waals surface area contributed by atoms with Crippen LogP contribution in [0.25, 0.3) is 0 Å². The molecule has 2 fully saturated rings. The fraction of sp³-hybridized carbons (Fsp3) is 0.588. The minimum absolute atomic E-state index is 0.165. The molecule has 1 heterocycles. The second-order valence-corrected chi connectivity index (χ2v) is 7.52. The fourth-order valence-electron chi connectivity index (χ4n) is 3.29. The van der Waals surface area contributed by atoms with Gasteiger partial charge in [-0.15, -0.1) is 0 Å². The lowest BCUT2D eigenvalue weighted by Crippen LogP contribution is -2.49. The van der Waals surface area contributed by atoms with Gasteiger partial charge in [0.05, 0.1) is 5.54 Å². The van der Waals surface area contributed by atoms with Crippen LogP contribution in [-0.2, 0) is 4.79 Å². The van der Waals surface area contributed by atoms with E-state index in [1.807, 2.05) is 39.0 Å². The average Bonchev–Trinajstić information content (AvgIpc) is 2.91. The van der Waals surface area contributed by atoms with Crippen LogP contribution in [0.5, 0.6) is 5.75 Å². The van der Waals surface area contributed by atoms with Crippen LogP contribution in [0.15, 0.2) is 18.2 Å². The van der Waals surface area contributed by atoms with Crippen LogP contribution in [0.4, 0.5) is 0 Å². The first kappa shape index (κ1) is 15.6. The van der Waals surface area contributed by atoms with Gasteiger partial charge in [-0.25, -0.2) is 0 Å². The summed E-state index contributed by atoms with van der Waals surface area (Å²) >= 11 is 5.95. The molecule has 1 aromatic rings. The minimum atomic E-state index is -0.395. The number of nitrogens with one attached hydrogen (secondary N) is 2. The summed E-state index contributed by atoms with van der Waals surface area (Å²) in [5, 5.41) is 7.14. The number of hydrogen-bond acceptors (Lipinski definition) is 3. The molecule has 3 rings (SSSR count).